The van der Waals surface area contributed by atoms with E-state index in [9.17, 15) is 0 Å². The van der Waals surface area contributed by atoms with Gasteiger partial charge in [-0.15, -0.1) is 11.3 Å². The fourth-order valence-electron chi connectivity index (χ4n) is 2.80. The number of anilines is 2. The second-order valence-electron chi connectivity index (χ2n) is 5.70. The number of pyridine rings is 1. The standard InChI is InChI=1S/C19H14Cl2N4S/c1-3-12-10-26-19-24-17(13-7-8-22-9-15(13)21)18(25(12)19)23-16-11(2)5-4-6-14(16)20/h3-10,23H,1H2,2H3. The molecule has 1 aromatic carbocycles. The SMILES string of the molecule is C=Cc1csc2nc(-c3ccncc3Cl)c(Nc3c(C)cccc3Cl)n12. The first-order valence-electron chi connectivity index (χ1n) is 7.84. The van der Waals surface area contributed by atoms with Crippen LogP contribution in [0.25, 0.3) is 22.3 Å². The van der Waals surface area contributed by atoms with Crippen molar-refractivity contribution in [3.8, 4) is 11.3 Å². The molecule has 0 amide bonds. The number of nitrogens with zero attached hydrogens (tertiary/aromatic N) is 3. The minimum Gasteiger partial charge on any atom is -0.338 e. The lowest BCUT2D eigenvalue weighted by Gasteiger charge is -2.13. The number of aryl methyl sites for hydroxylation is 1. The van der Waals surface area contributed by atoms with E-state index in [2.05, 4.69) is 16.9 Å². The first-order chi connectivity index (χ1) is 12.6. The highest BCUT2D eigenvalue weighted by Gasteiger charge is 2.20. The highest BCUT2D eigenvalue weighted by Crippen LogP contribution is 2.39. The second kappa shape index (κ2) is 6.76. The molecule has 26 heavy (non-hydrogen) atoms. The minimum atomic E-state index is 0.539. The van der Waals surface area contributed by atoms with E-state index in [1.54, 1.807) is 29.8 Å². The summed E-state index contributed by atoms with van der Waals surface area (Å²) in [4.78, 5) is 9.69. The Hall–Kier alpha value is -2.34. The van der Waals surface area contributed by atoms with Crippen LogP contribution in [0.15, 0.2) is 48.6 Å². The fraction of sp³-hybridized carbons (Fsp3) is 0.0526. The molecule has 0 atom stereocenters. The van der Waals surface area contributed by atoms with E-state index >= 15 is 0 Å². The van der Waals surface area contributed by atoms with Crippen molar-refractivity contribution in [3.05, 3.63) is 69.9 Å². The molecule has 4 aromatic rings. The van der Waals surface area contributed by atoms with E-state index in [0.717, 1.165) is 39.0 Å². The number of hydrogen-bond acceptors (Lipinski definition) is 4. The topological polar surface area (TPSA) is 42.2 Å². The Morgan fingerprint density at radius 3 is 2.81 bits per heavy atom. The van der Waals surface area contributed by atoms with Gasteiger partial charge in [-0.05, 0) is 30.7 Å². The molecular formula is C19H14Cl2N4S. The molecule has 0 aliphatic carbocycles. The van der Waals surface area contributed by atoms with Crippen LogP contribution in [0, 0.1) is 6.92 Å². The Balaban J connectivity index is 1.99. The molecule has 0 unspecified atom stereocenters. The number of imidazole rings is 1. The average Bonchev–Trinajstić information content (AvgIpc) is 3.18. The summed E-state index contributed by atoms with van der Waals surface area (Å²) in [6, 6.07) is 7.64. The summed E-state index contributed by atoms with van der Waals surface area (Å²) in [5.74, 6) is 0.792. The van der Waals surface area contributed by atoms with E-state index < -0.39 is 0 Å². The minimum absolute atomic E-state index is 0.539. The number of thiazole rings is 1. The summed E-state index contributed by atoms with van der Waals surface area (Å²) in [6.07, 6.45) is 5.12. The van der Waals surface area contributed by atoms with E-state index in [1.165, 1.54) is 0 Å². The first-order valence-corrected chi connectivity index (χ1v) is 9.48. The summed E-state index contributed by atoms with van der Waals surface area (Å²) < 4.78 is 2.02. The van der Waals surface area contributed by atoms with Crippen LogP contribution in [0.4, 0.5) is 11.5 Å². The van der Waals surface area contributed by atoms with Gasteiger partial charge in [-0.1, -0.05) is 41.9 Å². The number of rotatable bonds is 4. The predicted octanol–water partition coefficient (Wildman–Crippen LogP) is 6.46. The maximum atomic E-state index is 6.43. The highest BCUT2D eigenvalue weighted by atomic mass is 35.5. The lowest BCUT2D eigenvalue weighted by molar-refractivity contribution is 1.20. The normalized spacial score (nSPS) is 11.0. The van der Waals surface area contributed by atoms with Crippen LogP contribution in [0.2, 0.25) is 10.0 Å². The highest BCUT2D eigenvalue weighted by molar-refractivity contribution is 7.15. The second-order valence-corrected chi connectivity index (χ2v) is 7.35. The number of para-hydroxylation sites is 1. The van der Waals surface area contributed by atoms with Gasteiger partial charge in [0.15, 0.2) is 4.96 Å². The van der Waals surface area contributed by atoms with Crippen LogP contribution in [0.1, 0.15) is 11.3 Å². The van der Waals surface area contributed by atoms with Gasteiger partial charge in [-0.25, -0.2) is 4.98 Å². The molecule has 0 saturated carbocycles. The van der Waals surface area contributed by atoms with E-state index in [4.69, 9.17) is 28.2 Å². The van der Waals surface area contributed by atoms with Crippen molar-refractivity contribution in [1.82, 2.24) is 14.4 Å². The summed E-state index contributed by atoms with van der Waals surface area (Å²) >= 11 is 14.4. The lowest BCUT2D eigenvalue weighted by atomic mass is 10.1. The van der Waals surface area contributed by atoms with Crippen LogP contribution in [0.3, 0.4) is 0 Å². The van der Waals surface area contributed by atoms with Crippen molar-refractivity contribution in [1.29, 1.82) is 0 Å². The monoisotopic (exact) mass is 400 g/mol. The Morgan fingerprint density at radius 2 is 2.08 bits per heavy atom. The third kappa shape index (κ3) is 2.78. The van der Waals surface area contributed by atoms with Gasteiger partial charge in [0.25, 0.3) is 0 Å². The quantitative estimate of drug-likeness (QED) is 0.427. The van der Waals surface area contributed by atoms with Gasteiger partial charge < -0.3 is 5.32 Å². The van der Waals surface area contributed by atoms with E-state index in [-0.39, 0.29) is 0 Å². The molecule has 130 valence electrons. The van der Waals surface area contributed by atoms with Gasteiger partial charge in [0.05, 0.1) is 21.4 Å². The van der Waals surface area contributed by atoms with Gasteiger partial charge in [0, 0.05) is 23.3 Å². The molecule has 1 N–H and O–H groups in total. The molecule has 7 heteroatoms. The molecule has 0 radical (unpaired) electrons. The fourth-order valence-corrected chi connectivity index (χ4v) is 4.15. The smallest absolute Gasteiger partial charge is 0.196 e. The van der Waals surface area contributed by atoms with Gasteiger partial charge in [-0.2, -0.15) is 0 Å². The van der Waals surface area contributed by atoms with Crippen LogP contribution in [0.5, 0.6) is 0 Å². The molecule has 0 aliphatic heterocycles. The molecule has 0 spiro atoms. The molecule has 0 aliphatic rings. The Kier molecular flexibility index (Phi) is 4.44. The maximum Gasteiger partial charge on any atom is 0.196 e. The lowest BCUT2D eigenvalue weighted by Crippen LogP contribution is -2.00. The van der Waals surface area contributed by atoms with Gasteiger partial charge in [-0.3, -0.25) is 9.38 Å². The molecule has 4 rings (SSSR count). The summed E-state index contributed by atoms with van der Waals surface area (Å²) in [7, 11) is 0. The molecule has 4 nitrogen and oxygen atoms in total. The van der Waals surface area contributed by atoms with Crippen LogP contribution >= 0.6 is 34.5 Å². The van der Waals surface area contributed by atoms with Crippen molar-refractivity contribution in [2.75, 3.05) is 5.32 Å². The predicted molar refractivity (Wildman–Crippen MR) is 111 cm³/mol. The van der Waals surface area contributed by atoms with Gasteiger partial charge in [0.2, 0.25) is 0 Å². The Morgan fingerprint density at radius 1 is 1.23 bits per heavy atom. The third-order valence-electron chi connectivity index (χ3n) is 4.09. The van der Waals surface area contributed by atoms with E-state index in [0.29, 0.717) is 10.0 Å². The number of aromatic nitrogens is 3. The van der Waals surface area contributed by atoms with Crippen molar-refractivity contribution in [3.63, 3.8) is 0 Å². The Labute approximate surface area is 164 Å². The average molecular weight is 401 g/mol. The van der Waals surface area contributed by atoms with Gasteiger partial charge in [0.1, 0.15) is 11.5 Å². The van der Waals surface area contributed by atoms with Crippen molar-refractivity contribution in [2.24, 2.45) is 0 Å². The zero-order valence-electron chi connectivity index (χ0n) is 13.8. The molecule has 3 heterocycles. The summed E-state index contributed by atoms with van der Waals surface area (Å²) in [5.41, 5.74) is 4.37. The Bertz CT molecular complexity index is 1110. The van der Waals surface area contributed by atoms with Crippen LogP contribution in [-0.2, 0) is 0 Å². The molecule has 3 aromatic heterocycles. The van der Waals surface area contributed by atoms with Crippen LogP contribution in [-0.4, -0.2) is 14.4 Å². The van der Waals surface area contributed by atoms with Crippen molar-refractivity contribution in [2.45, 2.75) is 6.92 Å². The third-order valence-corrected chi connectivity index (χ3v) is 5.55. The van der Waals surface area contributed by atoms with Gasteiger partial charge >= 0.3 is 0 Å². The molecule has 0 saturated heterocycles. The summed E-state index contributed by atoms with van der Waals surface area (Å²) in [5, 5.41) is 6.66. The first kappa shape index (κ1) is 17.1. The number of benzene rings is 1. The largest absolute Gasteiger partial charge is 0.338 e. The number of hydrogen-bond donors (Lipinski definition) is 1. The molecular weight excluding hydrogens is 387 g/mol. The van der Waals surface area contributed by atoms with Crippen molar-refractivity contribution < 1.29 is 0 Å². The zero-order chi connectivity index (χ0) is 18.3. The molecule has 0 fully saturated rings. The van der Waals surface area contributed by atoms with Crippen molar-refractivity contribution >= 4 is 57.1 Å². The summed E-state index contributed by atoms with van der Waals surface area (Å²) in [6.45, 7) is 5.91. The van der Waals surface area contributed by atoms with Crippen LogP contribution < -0.4 is 5.32 Å². The zero-order valence-corrected chi connectivity index (χ0v) is 16.2. The maximum absolute atomic E-state index is 6.43. The number of halogens is 2. The number of nitrogens with one attached hydrogen (secondary N) is 1. The molecule has 0 bridgehead atoms. The van der Waals surface area contributed by atoms with E-state index in [1.807, 2.05) is 41.0 Å². The number of fused-ring (bicyclic) bond motifs is 1.